The van der Waals surface area contributed by atoms with Crippen molar-refractivity contribution in [1.82, 2.24) is 9.97 Å². The van der Waals surface area contributed by atoms with E-state index in [0.29, 0.717) is 11.2 Å². The molecule has 1 aliphatic carbocycles. The zero-order chi connectivity index (χ0) is 12.3. The summed E-state index contributed by atoms with van der Waals surface area (Å²) in [7, 11) is 0. The van der Waals surface area contributed by atoms with E-state index in [-0.39, 0.29) is 0 Å². The molecule has 1 N–H and O–H groups in total. The van der Waals surface area contributed by atoms with Crippen LogP contribution in [0.1, 0.15) is 45.4 Å². The molecule has 1 aromatic heterocycles. The summed E-state index contributed by atoms with van der Waals surface area (Å²) in [4.78, 5) is 8.73. The Balaban J connectivity index is 2.04. The summed E-state index contributed by atoms with van der Waals surface area (Å²) in [5, 5.41) is 4.01. The van der Waals surface area contributed by atoms with E-state index in [2.05, 4.69) is 29.1 Å². The van der Waals surface area contributed by atoms with Gasteiger partial charge in [-0.15, -0.1) is 0 Å². The van der Waals surface area contributed by atoms with Crippen LogP contribution in [-0.4, -0.2) is 16.0 Å². The Hall–Kier alpha value is -0.830. The van der Waals surface area contributed by atoms with Gasteiger partial charge in [0.25, 0.3) is 0 Å². The fourth-order valence-electron chi connectivity index (χ4n) is 2.42. The highest BCUT2D eigenvalue weighted by molar-refractivity contribution is 6.29. The van der Waals surface area contributed by atoms with E-state index < -0.39 is 0 Å². The largest absolute Gasteiger partial charge is 0.367 e. The summed E-state index contributed by atoms with van der Waals surface area (Å²) >= 11 is 6.01. The second-order valence-electron chi connectivity index (χ2n) is 5.00. The summed E-state index contributed by atoms with van der Waals surface area (Å²) in [5.74, 6) is 2.54. The lowest BCUT2D eigenvalue weighted by atomic mass is 10.1. The third-order valence-corrected chi connectivity index (χ3v) is 3.46. The van der Waals surface area contributed by atoms with E-state index in [0.717, 1.165) is 30.4 Å². The molecule has 0 aromatic carbocycles. The lowest BCUT2D eigenvalue weighted by Crippen LogP contribution is -2.17. The fraction of sp³-hybridized carbons (Fsp3) is 0.692. The Labute approximate surface area is 108 Å². The lowest BCUT2D eigenvalue weighted by molar-refractivity contribution is 0.602. The van der Waals surface area contributed by atoms with E-state index in [4.69, 9.17) is 11.6 Å². The summed E-state index contributed by atoms with van der Waals surface area (Å²) in [6.07, 6.45) is 5.69. The maximum atomic E-state index is 6.01. The van der Waals surface area contributed by atoms with Crippen molar-refractivity contribution in [2.24, 2.45) is 5.92 Å². The molecule has 0 radical (unpaired) electrons. The number of rotatable bonds is 4. The van der Waals surface area contributed by atoms with Crippen LogP contribution >= 0.6 is 11.6 Å². The van der Waals surface area contributed by atoms with Gasteiger partial charge in [0.15, 0.2) is 0 Å². The quantitative estimate of drug-likeness (QED) is 0.832. The molecule has 1 aliphatic rings. The molecule has 0 bridgehead atoms. The van der Waals surface area contributed by atoms with Gasteiger partial charge < -0.3 is 5.32 Å². The number of aromatic nitrogens is 2. The van der Waals surface area contributed by atoms with E-state index >= 15 is 0 Å². The Morgan fingerprint density at radius 3 is 2.88 bits per heavy atom. The molecular formula is C13H20ClN3. The first-order valence-electron chi connectivity index (χ1n) is 6.47. The first-order chi connectivity index (χ1) is 8.17. The minimum absolute atomic E-state index is 0.539. The maximum absolute atomic E-state index is 6.01. The van der Waals surface area contributed by atoms with Crippen molar-refractivity contribution in [3.63, 3.8) is 0 Å². The van der Waals surface area contributed by atoms with Gasteiger partial charge in [0.2, 0.25) is 0 Å². The SMILES string of the molecule is CCCc1nc(Cl)cc(NC2CCC(C)C2)n1. The standard InChI is InChI=1S/C13H20ClN3/c1-3-4-12-16-11(14)8-13(17-12)15-10-6-5-9(2)7-10/h8-10H,3-7H2,1-2H3,(H,15,16,17). The predicted molar refractivity (Wildman–Crippen MR) is 71.5 cm³/mol. The Bertz CT molecular complexity index is 381. The van der Waals surface area contributed by atoms with Crippen molar-refractivity contribution in [2.75, 3.05) is 5.32 Å². The average molecular weight is 254 g/mol. The first kappa shape index (κ1) is 12.6. The highest BCUT2D eigenvalue weighted by atomic mass is 35.5. The molecule has 0 aliphatic heterocycles. The molecular weight excluding hydrogens is 234 g/mol. The van der Waals surface area contributed by atoms with E-state index in [1.807, 2.05) is 6.07 Å². The molecule has 0 spiro atoms. The number of nitrogens with zero attached hydrogens (tertiary/aromatic N) is 2. The van der Waals surface area contributed by atoms with Crippen molar-refractivity contribution in [1.29, 1.82) is 0 Å². The Morgan fingerprint density at radius 2 is 2.24 bits per heavy atom. The monoisotopic (exact) mass is 253 g/mol. The molecule has 0 amide bonds. The minimum atomic E-state index is 0.539. The third-order valence-electron chi connectivity index (χ3n) is 3.26. The van der Waals surface area contributed by atoms with Crippen LogP contribution < -0.4 is 5.32 Å². The molecule has 1 aromatic rings. The second-order valence-corrected chi connectivity index (χ2v) is 5.39. The van der Waals surface area contributed by atoms with Crippen LogP contribution in [0.15, 0.2) is 6.07 Å². The number of hydrogen-bond donors (Lipinski definition) is 1. The molecule has 3 nitrogen and oxygen atoms in total. The topological polar surface area (TPSA) is 37.8 Å². The van der Waals surface area contributed by atoms with Gasteiger partial charge in [0.1, 0.15) is 16.8 Å². The summed E-state index contributed by atoms with van der Waals surface area (Å²) in [6, 6.07) is 2.37. The number of nitrogens with one attached hydrogen (secondary N) is 1. The van der Waals surface area contributed by atoms with Crippen molar-refractivity contribution < 1.29 is 0 Å². The fourth-order valence-corrected chi connectivity index (χ4v) is 2.62. The van der Waals surface area contributed by atoms with Crippen LogP contribution in [-0.2, 0) is 6.42 Å². The molecule has 1 saturated carbocycles. The van der Waals surface area contributed by atoms with Crippen LogP contribution in [0.2, 0.25) is 5.15 Å². The first-order valence-corrected chi connectivity index (χ1v) is 6.85. The van der Waals surface area contributed by atoms with Gasteiger partial charge in [-0.1, -0.05) is 25.4 Å². The second kappa shape index (κ2) is 5.67. The third kappa shape index (κ3) is 3.56. The maximum Gasteiger partial charge on any atom is 0.134 e. The smallest absolute Gasteiger partial charge is 0.134 e. The van der Waals surface area contributed by atoms with Gasteiger partial charge in [-0.3, -0.25) is 0 Å². The Kier molecular flexibility index (Phi) is 4.21. The lowest BCUT2D eigenvalue weighted by Gasteiger charge is -2.13. The van der Waals surface area contributed by atoms with Crippen molar-refractivity contribution in [3.05, 3.63) is 17.0 Å². The Morgan fingerprint density at radius 1 is 1.41 bits per heavy atom. The number of halogens is 1. The zero-order valence-electron chi connectivity index (χ0n) is 10.5. The molecule has 1 fully saturated rings. The molecule has 94 valence electrons. The van der Waals surface area contributed by atoms with Gasteiger partial charge >= 0.3 is 0 Å². The predicted octanol–water partition coefficient (Wildman–Crippen LogP) is 3.68. The zero-order valence-corrected chi connectivity index (χ0v) is 11.3. The highest BCUT2D eigenvalue weighted by Gasteiger charge is 2.21. The highest BCUT2D eigenvalue weighted by Crippen LogP contribution is 2.27. The molecule has 2 unspecified atom stereocenters. The normalized spacial score (nSPS) is 23.9. The molecule has 4 heteroatoms. The van der Waals surface area contributed by atoms with Crippen LogP contribution in [0.5, 0.6) is 0 Å². The molecule has 17 heavy (non-hydrogen) atoms. The van der Waals surface area contributed by atoms with Crippen molar-refractivity contribution in [3.8, 4) is 0 Å². The van der Waals surface area contributed by atoms with Crippen molar-refractivity contribution in [2.45, 2.75) is 52.0 Å². The summed E-state index contributed by atoms with van der Waals surface area (Å²) in [6.45, 7) is 4.42. The van der Waals surface area contributed by atoms with Crippen LogP contribution in [0.3, 0.4) is 0 Å². The molecule has 0 saturated heterocycles. The van der Waals surface area contributed by atoms with Gasteiger partial charge in [0.05, 0.1) is 0 Å². The van der Waals surface area contributed by atoms with Gasteiger partial charge in [0, 0.05) is 18.5 Å². The van der Waals surface area contributed by atoms with E-state index in [1.54, 1.807) is 0 Å². The number of hydrogen-bond acceptors (Lipinski definition) is 3. The summed E-state index contributed by atoms with van der Waals surface area (Å²) in [5.41, 5.74) is 0. The number of anilines is 1. The molecule has 1 heterocycles. The van der Waals surface area contributed by atoms with E-state index in [9.17, 15) is 0 Å². The average Bonchev–Trinajstić information content (AvgIpc) is 2.63. The van der Waals surface area contributed by atoms with Crippen LogP contribution in [0.4, 0.5) is 5.82 Å². The minimum Gasteiger partial charge on any atom is -0.367 e. The van der Waals surface area contributed by atoms with E-state index in [1.165, 1.54) is 19.3 Å². The summed E-state index contributed by atoms with van der Waals surface area (Å²) < 4.78 is 0. The van der Waals surface area contributed by atoms with Gasteiger partial charge in [-0.2, -0.15) is 0 Å². The molecule has 2 rings (SSSR count). The van der Waals surface area contributed by atoms with Gasteiger partial charge in [-0.05, 0) is 31.6 Å². The van der Waals surface area contributed by atoms with Crippen molar-refractivity contribution >= 4 is 17.4 Å². The number of aryl methyl sites for hydroxylation is 1. The van der Waals surface area contributed by atoms with Gasteiger partial charge in [-0.25, -0.2) is 9.97 Å². The van der Waals surface area contributed by atoms with Crippen LogP contribution in [0, 0.1) is 5.92 Å². The van der Waals surface area contributed by atoms with Crippen LogP contribution in [0.25, 0.3) is 0 Å². The molecule has 2 atom stereocenters.